The molecular weight excluding hydrogens is 262 g/mol. The van der Waals surface area contributed by atoms with Crippen LogP contribution in [0.1, 0.15) is 36.7 Å². The molecule has 5 heteroatoms. The summed E-state index contributed by atoms with van der Waals surface area (Å²) in [5.41, 5.74) is 1.91. The number of pyridine rings is 1. The van der Waals surface area contributed by atoms with Crippen LogP contribution in [-0.4, -0.2) is 14.5 Å². The first-order valence-corrected chi connectivity index (χ1v) is 6.53. The Morgan fingerprint density at radius 3 is 2.68 bits per heavy atom. The van der Waals surface area contributed by atoms with Gasteiger partial charge in [0.05, 0.1) is 6.54 Å². The summed E-state index contributed by atoms with van der Waals surface area (Å²) in [4.78, 5) is 20.5. The molecule has 0 aliphatic carbocycles. The third-order valence-corrected chi connectivity index (χ3v) is 2.99. The Hall–Kier alpha value is -1.68. The summed E-state index contributed by atoms with van der Waals surface area (Å²) in [5.74, 6) is 0.822. The molecule has 2 aromatic heterocycles. The van der Waals surface area contributed by atoms with Crippen LogP contribution < -0.4 is 5.56 Å². The molecule has 0 unspecified atom stereocenters. The number of aryl methyl sites for hydroxylation is 1. The summed E-state index contributed by atoms with van der Waals surface area (Å²) in [6.07, 6.45) is 3.55. The Morgan fingerprint density at radius 1 is 1.32 bits per heavy atom. The van der Waals surface area contributed by atoms with Crippen LogP contribution in [0.3, 0.4) is 0 Å². The van der Waals surface area contributed by atoms with Crippen LogP contribution in [0.4, 0.5) is 0 Å². The molecule has 0 aromatic carbocycles. The molecular formula is C14H16ClN3O. The van der Waals surface area contributed by atoms with Crippen LogP contribution >= 0.6 is 11.6 Å². The maximum absolute atomic E-state index is 12.1. The van der Waals surface area contributed by atoms with Crippen molar-refractivity contribution >= 4 is 11.6 Å². The van der Waals surface area contributed by atoms with Gasteiger partial charge in [0.25, 0.3) is 5.56 Å². The maximum atomic E-state index is 12.1. The summed E-state index contributed by atoms with van der Waals surface area (Å²) < 4.78 is 1.65. The Bertz CT molecular complexity index is 649. The first-order chi connectivity index (χ1) is 8.97. The molecule has 0 aliphatic rings. The summed E-state index contributed by atoms with van der Waals surface area (Å²) >= 11 is 5.86. The highest BCUT2D eigenvalue weighted by molar-refractivity contribution is 6.29. The lowest BCUT2D eigenvalue weighted by molar-refractivity contribution is 0.623. The van der Waals surface area contributed by atoms with Gasteiger partial charge in [0.1, 0.15) is 11.0 Å². The van der Waals surface area contributed by atoms with E-state index in [1.807, 2.05) is 26.8 Å². The normalized spacial score (nSPS) is 11.0. The third kappa shape index (κ3) is 3.20. The first kappa shape index (κ1) is 13.7. The quantitative estimate of drug-likeness (QED) is 0.811. The second kappa shape index (κ2) is 5.53. The van der Waals surface area contributed by atoms with Crippen molar-refractivity contribution in [3.05, 3.63) is 57.0 Å². The van der Waals surface area contributed by atoms with E-state index in [0.29, 0.717) is 12.4 Å². The van der Waals surface area contributed by atoms with Crippen LogP contribution in [-0.2, 0) is 6.54 Å². The monoisotopic (exact) mass is 277 g/mol. The predicted octanol–water partition coefficient (Wildman–Crippen LogP) is 2.77. The van der Waals surface area contributed by atoms with E-state index in [1.165, 1.54) is 6.07 Å². The first-order valence-electron chi connectivity index (χ1n) is 6.15. The lowest BCUT2D eigenvalue weighted by Gasteiger charge is -2.14. The maximum Gasteiger partial charge on any atom is 0.255 e. The summed E-state index contributed by atoms with van der Waals surface area (Å²) in [5, 5.41) is 0.243. The summed E-state index contributed by atoms with van der Waals surface area (Å²) in [6, 6.07) is 3.36. The van der Waals surface area contributed by atoms with E-state index >= 15 is 0 Å². The highest BCUT2D eigenvalue weighted by atomic mass is 35.5. The Balaban J connectivity index is 2.47. The lowest BCUT2D eigenvalue weighted by atomic mass is 10.2. The molecule has 0 radical (unpaired) electrons. The molecule has 0 aliphatic heterocycles. The van der Waals surface area contributed by atoms with Crippen molar-refractivity contribution in [1.82, 2.24) is 14.5 Å². The standard InChI is InChI=1S/C14H16ClN3O/c1-9(2)14-17-12(15)5-13(19)18(14)8-11-4-10(3)6-16-7-11/h4-7,9H,8H2,1-3H3. The van der Waals surface area contributed by atoms with Gasteiger partial charge in [-0.1, -0.05) is 31.5 Å². The zero-order chi connectivity index (χ0) is 14.0. The van der Waals surface area contributed by atoms with Gasteiger partial charge in [-0.15, -0.1) is 0 Å². The molecule has 2 aromatic rings. The van der Waals surface area contributed by atoms with Crippen molar-refractivity contribution in [3.63, 3.8) is 0 Å². The number of hydrogen-bond donors (Lipinski definition) is 0. The van der Waals surface area contributed by atoms with Gasteiger partial charge in [0.2, 0.25) is 0 Å². The van der Waals surface area contributed by atoms with Crippen LogP contribution in [0.25, 0.3) is 0 Å². The molecule has 0 amide bonds. The van der Waals surface area contributed by atoms with Crippen LogP contribution in [0, 0.1) is 6.92 Å². The molecule has 100 valence electrons. The van der Waals surface area contributed by atoms with Gasteiger partial charge in [-0.25, -0.2) is 4.98 Å². The van der Waals surface area contributed by atoms with E-state index in [-0.39, 0.29) is 16.6 Å². The minimum absolute atomic E-state index is 0.129. The SMILES string of the molecule is Cc1cncc(Cn2c(C(C)C)nc(Cl)cc2=O)c1. The van der Waals surface area contributed by atoms with Gasteiger partial charge in [-0.2, -0.15) is 0 Å². The number of nitrogens with zero attached hydrogens (tertiary/aromatic N) is 3. The highest BCUT2D eigenvalue weighted by Crippen LogP contribution is 2.14. The third-order valence-electron chi connectivity index (χ3n) is 2.80. The molecule has 0 atom stereocenters. The fourth-order valence-corrected chi connectivity index (χ4v) is 2.16. The van der Waals surface area contributed by atoms with E-state index < -0.39 is 0 Å². The Labute approximate surface area is 117 Å². The molecule has 0 N–H and O–H groups in total. The zero-order valence-corrected chi connectivity index (χ0v) is 12.0. The van der Waals surface area contributed by atoms with Gasteiger partial charge in [0.15, 0.2) is 0 Å². The average Bonchev–Trinajstić information content (AvgIpc) is 2.32. The second-order valence-electron chi connectivity index (χ2n) is 4.89. The Morgan fingerprint density at radius 2 is 2.05 bits per heavy atom. The minimum atomic E-state index is -0.134. The van der Waals surface area contributed by atoms with E-state index in [2.05, 4.69) is 9.97 Å². The predicted molar refractivity (Wildman–Crippen MR) is 75.7 cm³/mol. The second-order valence-corrected chi connectivity index (χ2v) is 5.27. The summed E-state index contributed by atoms with van der Waals surface area (Å²) in [6.45, 7) is 6.42. The largest absolute Gasteiger partial charge is 0.292 e. The highest BCUT2D eigenvalue weighted by Gasteiger charge is 2.12. The minimum Gasteiger partial charge on any atom is -0.292 e. The number of halogens is 1. The van der Waals surface area contributed by atoms with Crippen molar-refractivity contribution in [2.75, 3.05) is 0 Å². The van der Waals surface area contributed by atoms with Crippen molar-refractivity contribution in [2.24, 2.45) is 0 Å². The van der Waals surface area contributed by atoms with Crippen molar-refractivity contribution < 1.29 is 0 Å². The molecule has 0 fully saturated rings. The number of rotatable bonds is 3. The van der Waals surface area contributed by atoms with Crippen LogP contribution in [0.15, 0.2) is 29.3 Å². The molecule has 0 saturated heterocycles. The van der Waals surface area contributed by atoms with Gasteiger partial charge in [0, 0.05) is 24.4 Å². The van der Waals surface area contributed by atoms with Crippen LogP contribution in [0.2, 0.25) is 5.15 Å². The Kier molecular flexibility index (Phi) is 4.00. The van der Waals surface area contributed by atoms with Gasteiger partial charge in [-0.3, -0.25) is 14.3 Å². The number of aromatic nitrogens is 3. The molecule has 4 nitrogen and oxygen atoms in total. The van der Waals surface area contributed by atoms with Crippen LogP contribution in [0.5, 0.6) is 0 Å². The molecule has 19 heavy (non-hydrogen) atoms. The number of hydrogen-bond acceptors (Lipinski definition) is 3. The van der Waals surface area contributed by atoms with Crippen molar-refractivity contribution in [2.45, 2.75) is 33.2 Å². The average molecular weight is 278 g/mol. The van der Waals surface area contributed by atoms with E-state index in [1.54, 1.807) is 17.0 Å². The fourth-order valence-electron chi connectivity index (χ4n) is 1.98. The molecule has 0 saturated carbocycles. The van der Waals surface area contributed by atoms with Crippen molar-refractivity contribution in [1.29, 1.82) is 0 Å². The van der Waals surface area contributed by atoms with E-state index in [0.717, 1.165) is 11.1 Å². The van der Waals surface area contributed by atoms with E-state index in [4.69, 9.17) is 11.6 Å². The lowest BCUT2D eigenvalue weighted by Crippen LogP contribution is -2.25. The zero-order valence-electron chi connectivity index (χ0n) is 11.2. The smallest absolute Gasteiger partial charge is 0.255 e. The van der Waals surface area contributed by atoms with E-state index in [9.17, 15) is 4.79 Å². The molecule has 2 rings (SSSR count). The van der Waals surface area contributed by atoms with Crippen molar-refractivity contribution in [3.8, 4) is 0 Å². The summed E-state index contributed by atoms with van der Waals surface area (Å²) in [7, 11) is 0. The fraction of sp³-hybridized carbons (Fsp3) is 0.357. The topological polar surface area (TPSA) is 47.8 Å². The van der Waals surface area contributed by atoms with Gasteiger partial charge < -0.3 is 0 Å². The van der Waals surface area contributed by atoms with Gasteiger partial charge in [-0.05, 0) is 18.1 Å². The molecule has 2 heterocycles. The molecule has 0 spiro atoms. The molecule has 0 bridgehead atoms. The van der Waals surface area contributed by atoms with Gasteiger partial charge >= 0.3 is 0 Å².